The van der Waals surface area contributed by atoms with Crippen molar-refractivity contribution in [2.75, 3.05) is 14.2 Å². The lowest BCUT2D eigenvalue weighted by atomic mass is 10.1. The summed E-state index contributed by atoms with van der Waals surface area (Å²) in [6, 6.07) is 0.131. The summed E-state index contributed by atoms with van der Waals surface area (Å²) in [4.78, 5) is 0. The summed E-state index contributed by atoms with van der Waals surface area (Å²) >= 11 is 0. The van der Waals surface area contributed by atoms with Gasteiger partial charge in [-0.05, 0) is 27.3 Å². The van der Waals surface area contributed by atoms with E-state index in [0.29, 0.717) is 18.2 Å². The highest BCUT2D eigenvalue weighted by Gasteiger charge is 2.22. The molecule has 1 atom stereocenters. The molecule has 5 heteroatoms. The van der Waals surface area contributed by atoms with Gasteiger partial charge in [0.2, 0.25) is 11.8 Å². The third-order valence-corrected chi connectivity index (χ3v) is 2.67. The molecule has 0 amide bonds. The predicted molar refractivity (Wildman–Crippen MR) is 61.2 cm³/mol. The van der Waals surface area contributed by atoms with Crippen LogP contribution in [0.2, 0.25) is 0 Å². The molecule has 1 aromatic rings. The fourth-order valence-electron chi connectivity index (χ4n) is 1.42. The molecule has 1 N–H and O–H groups in total. The molecule has 0 saturated carbocycles. The number of nitrogens with zero attached hydrogens (tertiary/aromatic N) is 2. The Morgan fingerprint density at radius 3 is 2.62 bits per heavy atom. The van der Waals surface area contributed by atoms with Crippen molar-refractivity contribution < 1.29 is 9.15 Å². The zero-order valence-corrected chi connectivity index (χ0v) is 10.7. The summed E-state index contributed by atoms with van der Waals surface area (Å²) in [5.41, 5.74) is -0.273. The van der Waals surface area contributed by atoms with Crippen LogP contribution >= 0.6 is 0 Å². The normalized spacial score (nSPS) is 14.1. The smallest absolute Gasteiger partial charge is 0.233 e. The van der Waals surface area contributed by atoms with Crippen LogP contribution in [0, 0.1) is 0 Å². The molecular weight excluding hydrogens is 206 g/mol. The maximum absolute atomic E-state index is 5.60. The van der Waals surface area contributed by atoms with E-state index in [0.717, 1.165) is 6.42 Å². The third-order valence-electron chi connectivity index (χ3n) is 2.67. The minimum absolute atomic E-state index is 0.131. The van der Waals surface area contributed by atoms with E-state index < -0.39 is 0 Å². The van der Waals surface area contributed by atoms with Gasteiger partial charge in [-0.25, -0.2) is 0 Å². The molecule has 16 heavy (non-hydrogen) atoms. The molecule has 0 bridgehead atoms. The molecule has 0 aromatic carbocycles. The minimum Gasteiger partial charge on any atom is -0.423 e. The second-order valence-corrected chi connectivity index (χ2v) is 4.42. The SMILES string of the molecule is CCC(NC)c1nnc(CC(C)(C)OC)o1. The molecule has 0 radical (unpaired) electrons. The van der Waals surface area contributed by atoms with Crippen LogP contribution in [0.25, 0.3) is 0 Å². The van der Waals surface area contributed by atoms with E-state index >= 15 is 0 Å². The zero-order chi connectivity index (χ0) is 12.2. The number of aromatic nitrogens is 2. The van der Waals surface area contributed by atoms with Crippen molar-refractivity contribution in [2.45, 2.75) is 45.3 Å². The summed E-state index contributed by atoms with van der Waals surface area (Å²) < 4.78 is 10.9. The predicted octanol–water partition coefficient (Wildman–Crippen LogP) is 1.71. The number of ether oxygens (including phenoxy) is 1. The summed E-state index contributed by atoms with van der Waals surface area (Å²) in [6.45, 7) is 6.06. The van der Waals surface area contributed by atoms with Gasteiger partial charge in [-0.1, -0.05) is 6.92 Å². The Hall–Kier alpha value is -0.940. The Kier molecular flexibility index (Phi) is 4.44. The van der Waals surface area contributed by atoms with Crippen LogP contribution in [0.5, 0.6) is 0 Å². The van der Waals surface area contributed by atoms with Crippen molar-refractivity contribution in [3.05, 3.63) is 11.8 Å². The Balaban J connectivity index is 2.71. The van der Waals surface area contributed by atoms with Crippen LogP contribution in [0.15, 0.2) is 4.42 Å². The summed E-state index contributed by atoms with van der Waals surface area (Å²) in [7, 11) is 3.57. The van der Waals surface area contributed by atoms with Gasteiger partial charge >= 0.3 is 0 Å². The second-order valence-electron chi connectivity index (χ2n) is 4.42. The van der Waals surface area contributed by atoms with Gasteiger partial charge in [-0.2, -0.15) is 0 Å². The molecular formula is C11H21N3O2. The van der Waals surface area contributed by atoms with E-state index in [1.807, 2.05) is 20.9 Å². The van der Waals surface area contributed by atoms with Gasteiger partial charge in [0.05, 0.1) is 18.1 Å². The first kappa shape index (κ1) is 13.1. The van der Waals surface area contributed by atoms with E-state index in [9.17, 15) is 0 Å². The molecule has 0 aliphatic rings. The van der Waals surface area contributed by atoms with Gasteiger partial charge in [0, 0.05) is 7.11 Å². The van der Waals surface area contributed by atoms with Crippen LogP contribution < -0.4 is 5.32 Å². The molecule has 0 saturated heterocycles. The first-order valence-electron chi connectivity index (χ1n) is 5.57. The quantitative estimate of drug-likeness (QED) is 0.801. The van der Waals surface area contributed by atoms with E-state index in [-0.39, 0.29) is 11.6 Å². The van der Waals surface area contributed by atoms with Crippen LogP contribution in [-0.4, -0.2) is 30.0 Å². The third kappa shape index (κ3) is 3.28. The van der Waals surface area contributed by atoms with E-state index in [1.54, 1.807) is 7.11 Å². The lowest BCUT2D eigenvalue weighted by Gasteiger charge is -2.20. The Morgan fingerprint density at radius 1 is 1.44 bits per heavy atom. The molecule has 1 rings (SSSR count). The van der Waals surface area contributed by atoms with E-state index in [4.69, 9.17) is 9.15 Å². The molecule has 0 aliphatic carbocycles. The number of nitrogens with one attached hydrogen (secondary N) is 1. The highest BCUT2D eigenvalue weighted by atomic mass is 16.5. The Morgan fingerprint density at radius 2 is 2.12 bits per heavy atom. The molecule has 0 aliphatic heterocycles. The van der Waals surface area contributed by atoms with Gasteiger partial charge in [0.25, 0.3) is 0 Å². The molecule has 1 aromatic heterocycles. The van der Waals surface area contributed by atoms with Gasteiger partial charge in [-0.15, -0.1) is 10.2 Å². The van der Waals surface area contributed by atoms with Crippen molar-refractivity contribution in [2.24, 2.45) is 0 Å². The molecule has 0 spiro atoms. The van der Waals surface area contributed by atoms with Crippen molar-refractivity contribution in [3.63, 3.8) is 0 Å². The van der Waals surface area contributed by atoms with E-state index in [2.05, 4.69) is 22.4 Å². The zero-order valence-electron chi connectivity index (χ0n) is 10.7. The molecule has 92 valence electrons. The summed E-state index contributed by atoms with van der Waals surface area (Å²) in [6.07, 6.45) is 1.54. The van der Waals surface area contributed by atoms with Crippen molar-refractivity contribution in [1.29, 1.82) is 0 Å². The van der Waals surface area contributed by atoms with Gasteiger partial charge < -0.3 is 14.5 Å². The lowest BCUT2D eigenvalue weighted by molar-refractivity contribution is 0.0178. The number of rotatable bonds is 6. The standard InChI is InChI=1S/C11H21N3O2/c1-6-8(12-4)10-14-13-9(16-10)7-11(2,3)15-5/h8,12H,6-7H2,1-5H3. The molecule has 1 unspecified atom stereocenters. The Bertz CT molecular complexity index is 319. The monoisotopic (exact) mass is 227 g/mol. The van der Waals surface area contributed by atoms with E-state index in [1.165, 1.54) is 0 Å². The minimum atomic E-state index is -0.273. The Labute approximate surface area is 96.6 Å². The van der Waals surface area contributed by atoms with Gasteiger partial charge in [0.1, 0.15) is 0 Å². The summed E-state index contributed by atoms with van der Waals surface area (Å²) in [5.74, 6) is 1.27. The van der Waals surface area contributed by atoms with Crippen LogP contribution in [0.1, 0.15) is 45.0 Å². The maximum Gasteiger partial charge on any atom is 0.233 e. The van der Waals surface area contributed by atoms with Crippen molar-refractivity contribution >= 4 is 0 Å². The number of hydrogen-bond acceptors (Lipinski definition) is 5. The lowest BCUT2D eigenvalue weighted by Crippen LogP contribution is -2.25. The first-order chi connectivity index (χ1) is 7.52. The maximum atomic E-state index is 5.60. The number of hydrogen-bond donors (Lipinski definition) is 1. The average molecular weight is 227 g/mol. The fourth-order valence-corrected chi connectivity index (χ4v) is 1.42. The molecule has 5 nitrogen and oxygen atoms in total. The number of methoxy groups -OCH3 is 1. The second kappa shape index (κ2) is 5.41. The van der Waals surface area contributed by atoms with Crippen LogP contribution in [0.4, 0.5) is 0 Å². The fraction of sp³-hybridized carbons (Fsp3) is 0.818. The topological polar surface area (TPSA) is 60.2 Å². The highest BCUT2D eigenvalue weighted by Crippen LogP contribution is 2.18. The largest absolute Gasteiger partial charge is 0.423 e. The van der Waals surface area contributed by atoms with Crippen molar-refractivity contribution in [3.8, 4) is 0 Å². The van der Waals surface area contributed by atoms with Gasteiger partial charge in [-0.3, -0.25) is 0 Å². The van der Waals surface area contributed by atoms with Crippen LogP contribution in [0.3, 0.4) is 0 Å². The molecule has 0 fully saturated rings. The van der Waals surface area contributed by atoms with Crippen molar-refractivity contribution in [1.82, 2.24) is 15.5 Å². The summed E-state index contributed by atoms with van der Waals surface area (Å²) in [5, 5.41) is 11.2. The van der Waals surface area contributed by atoms with Crippen LogP contribution in [-0.2, 0) is 11.2 Å². The van der Waals surface area contributed by atoms with Gasteiger partial charge in [0.15, 0.2) is 0 Å². The average Bonchev–Trinajstić information content (AvgIpc) is 2.68. The highest BCUT2D eigenvalue weighted by molar-refractivity contribution is 4.92. The first-order valence-corrected chi connectivity index (χ1v) is 5.57. The molecule has 1 heterocycles.